The number of nitro groups is 1. The highest BCUT2D eigenvalue weighted by Gasteiger charge is 2.16. The van der Waals surface area contributed by atoms with Gasteiger partial charge in [-0.2, -0.15) is 5.10 Å². The molecule has 0 aliphatic rings. The lowest BCUT2D eigenvalue weighted by Crippen LogP contribution is -2.10. The van der Waals surface area contributed by atoms with Gasteiger partial charge in [-0.1, -0.05) is 0 Å². The van der Waals surface area contributed by atoms with Crippen molar-refractivity contribution >= 4 is 17.9 Å². The Bertz CT molecular complexity index is 814. The first kappa shape index (κ1) is 15.0. The Balaban J connectivity index is 2.24. The van der Waals surface area contributed by atoms with Crippen molar-refractivity contribution in [2.75, 3.05) is 5.43 Å². The van der Waals surface area contributed by atoms with Crippen molar-refractivity contribution in [3.8, 4) is 11.5 Å². The van der Waals surface area contributed by atoms with Gasteiger partial charge in [0.1, 0.15) is 5.75 Å². The van der Waals surface area contributed by atoms with Gasteiger partial charge in [0.15, 0.2) is 5.75 Å². The van der Waals surface area contributed by atoms with E-state index < -0.39 is 16.4 Å². The van der Waals surface area contributed by atoms with Crippen LogP contribution in [-0.2, 0) is 0 Å². The fourth-order valence-corrected chi connectivity index (χ4v) is 1.63. The molecular weight excluding hydrogens is 294 g/mol. The molecule has 0 fully saturated rings. The molecule has 0 bridgehead atoms. The van der Waals surface area contributed by atoms with E-state index in [0.29, 0.717) is 5.69 Å². The van der Waals surface area contributed by atoms with Crippen LogP contribution >= 0.6 is 0 Å². The van der Waals surface area contributed by atoms with E-state index in [1.807, 2.05) is 0 Å². The molecule has 4 N–H and O–H groups in total. The molecule has 0 spiro atoms. The van der Waals surface area contributed by atoms with Crippen molar-refractivity contribution in [3.05, 3.63) is 49.9 Å². The van der Waals surface area contributed by atoms with Gasteiger partial charge in [-0.25, -0.2) is 10.4 Å². The molecule has 0 saturated heterocycles. The number of aromatic nitrogens is 2. The SMILES string of the molecule is Cc1cc(=O)[nH]c(N/N=C\c2cc([N+](=O)[O-])c(O)cc2O)n1. The molecule has 2 rings (SSSR count). The summed E-state index contributed by atoms with van der Waals surface area (Å²) >= 11 is 0. The quantitative estimate of drug-likeness (QED) is 0.370. The molecule has 0 atom stereocenters. The normalized spacial score (nSPS) is 10.8. The second kappa shape index (κ2) is 5.91. The number of hydrogen-bond acceptors (Lipinski definition) is 8. The maximum Gasteiger partial charge on any atom is 0.311 e. The third-order valence-corrected chi connectivity index (χ3v) is 2.56. The predicted octanol–water partition coefficient (Wildman–Crippen LogP) is 0.844. The topological polar surface area (TPSA) is 154 Å². The minimum Gasteiger partial charge on any atom is -0.507 e. The first-order valence-corrected chi connectivity index (χ1v) is 5.94. The van der Waals surface area contributed by atoms with E-state index in [4.69, 9.17) is 0 Å². The summed E-state index contributed by atoms with van der Waals surface area (Å²) in [5, 5.41) is 33.4. The number of anilines is 1. The maximum absolute atomic E-state index is 11.2. The summed E-state index contributed by atoms with van der Waals surface area (Å²) in [6, 6.07) is 3.10. The maximum atomic E-state index is 11.2. The Morgan fingerprint density at radius 2 is 2.09 bits per heavy atom. The molecule has 10 nitrogen and oxygen atoms in total. The number of nitro benzene ring substituents is 1. The van der Waals surface area contributed by atoms with Crippen molar-refractivity contribution < 1.29 is 15.1 Å². The summed E-state index contributed by atoms with van der Waals surface area (Å²) in [7, 11) is 0. The number of nitrogens with zero attached hydrogens (tertiary/aromatic N) is 3. The molecular formula is C12H11N5O5. The fourth-order valence-electron chi connectivity index (χ4n) is 1.63. The lowest BCUT2D eigenvalue weighted by Gasteiger charge is -2.02. The predicted molar refractivity (Wildman–Crippen MR) is 77.2 cm³/mol. The molecule has 0 aliphatic heterocycles. The number of hydrazone groups is 1. The molecule has 0 aliphatic carbocycles. The molecule has 114 valence electrons. The van der Waals surface area contributed by atoms with E-state index in [9.17, 15) is 25.1 Å². The van der Waals surface area contributed by atoms with Gasteiger partial charge >= 0.3 is 5.69 Å². The summed E-state index contributed by atoms with van der Waals surface area (Å²) in [6.45, 7) is 1.62. The van der Waals surface area contributed by atoms with E-state index in [1.54, 1.807) is 6.92 Å². The van der Waals surface area contributed by atoms with Gasteiger partial charge in [-0.15, -0.1) is 0 Å². The lowest BCUT2D eigenvalue weighted by molar-refractivity contribution is -0.385. The van der Waals surface area contributed by atoms with Crippen LogP contribution in [0.25, 0.3) is 0 Å². The lowest BCUT2D eigenvalue weighted by atomic mass is 10.2. The number of aromatic amines is 1. The van der Waals surface area contributed by atoms with Crippen molar-refractivity contribution in [2.45, 2.75) is 6.92 Å². The van der Waals surface area contributed by atoms with E-state index in [2.05, 4.69) is 20.5 Å². The molecule has 1 aromatic carbocycles. The number of nitrogens with one attached hydrogen (secondary N) is 2. The second-order valence-electron chi connectivity index (χ2n) is 4.26. The molecule has 22 heavy (non-hydrogen) atoms. The van der Waals surface area contributed by atoms with Crippen LogP contribution in [0.4, 0.5) is 11.6 Å². The molecule has 0 unspecified atom stereocenters. The van der Waals surface area contributed by atoms with Gasteiger partial charge < -0.3 is 10.2 Å². The fraction of sp³-hybridized carbons (Fsp3) is 0.0833. The van der Waals surface area contributed by atoms with E-state index in [-0.39, 0.29) is 22.8 Å². The average molecular weight is 305 g/mol. The van der Waals surface area contributed by atoms with Crippen LogP contribution in [0.15, 0.2) is 28.1 Å². The summed E-state index contributed by atoms with van der Waals surface area (Å²) in [6.07, 6.45) is 1.09. The number of rotatable bonds is 4. The van der Waals surface area contributed by atoms with Crippen LogP contribution in [0.5, 0.6) is 11.5 Å². The smallest absolute Gasteiger partial charge is 0.311 e. The van der Waals surface area contributed by atoms with Crippen LogP contribution < -0.4 is 11.0 Å². The molecule has 0 amide bonds. The minimum absolute atomic E-state index is 0.00648. The number of phenolic OH excluding ortho intramolecular Hbond substituents is 2. The zero-order valence-corrected chi connectivity index (χ0v) is 11.3. The Morgan fingerprint density at radius 3 is 2.73 bits per heavy atom. The number of H-pyrrole nitrogens is 1. The molecule has 0 saturated carbocycles. The Hall–Kier alpha value is -3.43. The highest BCUT2D eigenvalue weighted by atomic mass is 16.6. The van der Waals surface area contributed by atoms with Gasteiger partial charge in [0.2, 0.25) is 5.95 Å². The molecule has 1 heterocycles. The van der Waals surface area contributed by atoms with Gasteiger partial charge in [0.25, 0.3) is 5.56 Å². The van der Waals surface area contributed by atoms with Gasteiger partial charge in [0, 0.05) is 29.5 Å². The number of phenols is 2. The van der Waals surface area contributed by atoms with Crippen LogP contribution in [0.3, 0.4) is 0 Å². The number of aryl methyl sites for hydroxylation is 1. The molecule has 10 heteroatoms. The first-order chi connectivity index (χ1) is 10.4. The highest BCUT2D eigenvalue weighted by Crippen LogP contribution is 2.31. The first-order valence-electron chi connectivity index (χ1n) is 5.94. The third kappa shape index (κ3) is 3.36. The van der Waals surface area contributed by atoms with Gasteiger partial charge in [-0.05, 0) is 6.92 Å². The summed E-state index contributed by atoms with van der Waals surface area (Å²) in [4.78, 5) is 27.5. The van der Waals surface area contributed by atoms with Crippen molar-refractivity contribution in [1.82, 2.24) is 9.97 Å². The second-order valence-corrected chi connectivity index (χ2v) is 4.26. The third-order valence-electron chi connectivity index (χ3n) is 2.56. The van der Waals surface area contributed by atoms with E-state index in [1.165, 1.54) is 6.07 Å². The van der Waals surface area contributed by atoms with Gasteiger partial charge in [0.05, 0.1) is 11.1 Å². The zero-order chi connectivity index (χ0) is 16.3. The standard InChI is InChI=1S/C12H11N5O5/c1-6-2-11(20)15-12(14-6)16-13-5-7-3-8(17(21)22)10(19)4-9(7)18/h2-5,18-19H,1H3,(H2,14,15,16,20)/b13-5-. The van der Waals surface area contributed by atoms with E-state index >= 15 is 0 Å². The summed E-state index contributed by atoms with van der Waals surface area (Å²) < 4.78 is 0. The summed E-state index contributed by atoms with van der Waals surface area (Å²) in [5.41, 5.74) is 1.97. The zero-order valence-electron chi connectivity index (χ0n) is 11.3. The van der Waals surface area contributed by atoms with Crippen molar-refractivity contribution in [1.29, 1.82) is 0 Å². The summed E-state index contributed by atoms with van der Waals surface area (Å²) in [5.74, 6) is -0.967. The van der Waals surface area contributed by atoms with Crippen LogP contribution in [0, 0.1) is 17.0 Å². The highest BCUT2D eigenvalue weighted by molar-refractivity contribution is 5.85. The Morgan fingerprint density at radius 1 is 1.36 bits per heavy atom. The van der Waals surface area contributed by atoms with Crippen LogP contribution in [0.1, 0.15) is 11.3 Å². The van der Waals surface area contributed by atoms with Crippen LogP contribution in [-0.4, -0.2) is 31.3 Å². The monoisotopic (exact) mass is 305 g/mol. The largest absolute Gasteiger partial charge is 0.507 e. The van der Waals surface area contributed by atoms with Crippen LogP contribution in [0.2, 0.25) is 0 Å². The number of aromatic hydroxyl groups is 2. The Labute approximate surface area is 122 Å². The van der Waals surface area contributed by atoms with Crippen molar-refractivity contribution in [2.24, 2.45) is 5.10 Å². The number of hydrogen-bond donors (Lipinski definition) is 4. The van der Waals surface area contributed by atoms with Crippen molar-refractivity contribution in [3.63, 3.8) is 0 Å². The molecule has 1 aromatic heterocycles. The molecule has 0 radical (unpaired) electrons. The van der Waals surface area contributed by atoms with E-state index in [0.717, 1.165) is 18.3 Å². The minimum atomic E-state index is -0.793. The average Bonchev–Trinajstić information content (AvgIpc) is 2.39. The molecule has 2 aromatic rings. The van der Waals surface area contributed by atoms with Gasteiger partial charge in [-0.3, -0.25) is 19.9 Å². The number of benzene rings is 1. The Kier molecular flexibility index (Phi) is 4.02.